The second-order valence-electron chi connectivity index (χ2n) is 10.4. The molecule has 0 aliphatic carbocycles. The van der Waals surface area contributed by atoms with E-state index in [9.17, 15) is 13.6 Å². The number of amides is 1. The van der Waals surface area contributed by atoms with Crippen LogP contribution in [0.4, 0.5) is 20.3 Å². The van der Waals surface area contributed by atoms with E-state index in [2.05, 4.69) is 25.3 Å². The number of imidazole rings is 1. The summed E-state index contributed by atoms with van der Waals surface area (Å²) in [4.78, 5) is 30.0. The fourth-order valence-corrected chi connectivity index (χ4v) is 5.14. The molecule has 0 radical (unpaired) electrons. The summed E-state index contributed by atoms with van der Waals surface area (Å²) in [7, 11) is 0. The molecule has 4 rings (SSSR count). The molecule has 1 atom stereocenters. The number of H-pyrrole nitrogens is 1. The number of hydrogen-bond donors (Lipinski definition) is 2. The van der Waals surface area contributed by atoms with Crippen LogP contribution in [0.2, 0.25) is 0 Å². The Labute approximate surface area is 229 Å². The zero-order valence-corrected chi connectivity index (χ0v) is 22.9. The molecule has 1 aromatic carbocycles. The number of benzene rings is 1. The average Bonchev–Trinajstić information content (AvgIpc) is 3.42. The van der Waals surface area contributed by atoms with Gasteiger partial charge in [0.05, 0.1) is 18.1 Å². The lowest BCUT2D eigenvalue weighted by atomic mass is 10.0. The van der Waals surface area contributed by atoms with Crippen molar-refractivity contribution in [3.8, 4) is 5.75 Å². The van der Waals surface area contributed by atoms with Crippen LogP contribution >= 0.6 is 0 Å². The lowest BCUT2D eigenvalue weighted by Gasteiger charge is -2.35. The molecule has 0 bridgehead atoms. The van der Waals surface area contributed by atoms with Crippen molar-refractivity contribution in [2.75, 3.05) is 23.4 Å². The number of rotatable bonds is 16. The van der Waals surface area contributed by atoms with E-state index < -0.39 is 11.6 Å². The highest BCUT2D eigenvalue weighted by Gasteiger charge is 2.32. The molecule has 2 aromatic heterocycles. The van der Waals surface area contributed by atoms with Crippen LogP contribution in [0.25, 0.3) is 11.2 Å². The first kappa shape index (κ1) is 28.7. The maximum Gasteiger partial charge on any atom is 0.227 e. The van der Waals surface area contributed by atoms with Crippen molar-refractivity contribution in [1.82, 2.24) is 19.9 Å². The summed E-state index contributed by atoms with van der Waals surface area (Å²) in [5.41, 5.74) is 1.87. The summed E-state index contributed by atoms with van der Waals surface area (Å²) in [6.45, 7) is 2.92. The average molecular weight is 543 g/mol. The van der Waals surface area contributed by atoms with E-state index in [1.54, 1.807) is 11.2 Å². The predicted octanol–water partition coefficient (Wildman–Crippen LogP) is 6.93. The number of carbonyl (C=O) groups excluding carboxylic acids is 1. The summed E-state index contributed by atoms with van der Waals surface area (Å²) in [5, 5.41) is 3.37. The second-order valence-corrected chi connectivity index (χ2v) is 10.4. The van der Waals surface area contributed by atoms with Gasteiger partial charge in [-0.25, -0.2) is 19.3 Å². The third-order valence-corrected chi connectivity index (χ3v) is 7.30. The Hall–Kier alpha value is -3.30. The van der Waals surface area contributed by atoms with Gasteiger partial charge in [0.2, 0.25) is 11.7 Å². The van der Waals surface area contributed by atoms with Crippen molar-refractivity contribution in [3.05, 3.63) is 36.4 Å². The minimum atomic E-state index is -1.03. The van der Waals surface area contributed by atoms with Crippen molar-refractivity contribution < 1.29 is 18.3 Å². The molecule has 0 saturated heterocycles. The highest BCUT2D eigenvalue weighted by Crippen LogP contribution is 2.37. The summed E-state index contributed by atoms with van der Waals surface area (Å²) in [6.07, 6.45) is 17.6. The molecule has 3 heterocycles. The van der Waals surface area contributed by atoms with E-state index in [1.807, 2.05) is 6.92 Å². The van der Waals surface area contributed by atoms with Gasteiger partial charge in [-0.05, 0) is 31.9 Å². The largest absolute Gasteiger partial charge is 0.486 e. The van der Waals surface area contributed by atoms with E-state index >= 15 is 0 Å². The third-order valence-electron chi connectivity index (χ3n) is 7.30. The van der Waals surface area contributed by atoms with Gasteiger partial charge in [0.25, 0.3) is 0 Å². The molecule has 0 saturated carbocycles. The molecule has 0 fully saturated rings. The normalized spacial score (nSPS) is 14.8. The third kappa shape index (κ3) is 7.86. The molecule has 10 heteroatoms. The first-order valence-electron chi connectivity index (χ1n) is 14.4. The van der Waals surface area contributed by atoms with E-state index in [0.717, 1.165) is 49.6 Å². The Morgan fingerprint density at radius 2 is 1.64 bits per heavy atom. The number of unbranched alkanes of at least 4 members (excludes halogenated alkanes) is 11. The second kappa shape index (κ2) is 14.7. The van der Waals surface area contributed by atoms with Crippen molar-refractivity contribution >= 4 is 28.6 Å². The van der Waals surface area contributed by atoms with Crippen molar-refractivity contribution in [3.63, 3.8) is 0 Å². The highest BCUT2D eigenvalue weighted by atomic mass is 19.2. The van der Waals surface area contributed by atoms with Gasteiger partial charge < -0.3 is 19.9 Å². The molecule has 8 nitrogen and oxygen atoms in total. The van der Waals surface area contributed by atoms with Gasteiger partial charge >= 0.3 is 0 Å². The Bertz CT molecular complexity index is 1200. The first-order valence-corrected chi connectivity index (χ1v) is 14.4. The number of hydrogen-bond acceptors (Lipinski definition) is 6. The zero-order chi connectivity index (χ0) is 27.5. The van der Waals surface area contributed by atoms with Crippen molar-refractivity contribution in [2.24, 2.45) is 0 Å². The number of halogens is 2. The van der Waals surface area contributed by atoms with Gasteiger partial charge in [-0.2, -0.15) is 4.39 Å². The minimum Gasteiger partial charge on any atom is -0.486 e. The molecular formula is C29H40F2N6O2. The van der Waals surface area contributed by atoms with Crippen LogP contribution < -0.4 is 15.0 Å². The highest BCUT2D eigenvalue weighted by molar-refractivity contribution is 5.96. The Kier molecular flexibility index (Phi) is 10.9. The molecule has 3 aromatic rings. The topological polar surface area (TPSA) is 96.0 Å². The molecule has 1 unspecified atom stereocenters. The number of nitrogens with zero attached hydrogens (tertiary/aromatic N) is 4. The summed E-state index contributed by atoms with van der Waals surface area (Å²) >= 11 is 0. The smallest absolute Gasteiger partial charge is 0.227 e. The van der Waals surface area contributed by atoms with E-state index in [0.29, 0.717) is 17.8 Å². The summed E-state index contributed by atoms with van der Waals surface area (Å²) in [5.74, 6) is -1.39. The van der Waals surface area contributed by atoms with Crippen LogP contribution in [-0.4, -0.2) is 45.0 Å². The molecule has 1 aliphatic heterocycles. The van der Waals surface area contributed by atoms with Crippen LogP contribution in [0, 0.1) is 11.6 Å². The zero-order valence-electron chi connectivity index (χ0n) is 22.9. The van der Waals surface area contributed by atoms with Gasteiger partial charge in [-0.15, -0.1) is 0 Å². The van der Waals surface area contributed by atoms with Crippen molar-refractivity contribution in [1.29, 1.82) is 0 Å². The van der Waals surface area contributed by atoms with Gasteiger partial charge in [0.15, 0.2) is 23.0 Å². The predicted molar refractivity (Wildman–Crippen MR) is 149 cm³/mol. The van der Waals surface area contributed by atoms with Gasteiger partial charge in [0.1, 0.15) is 18.5 Å². The molecule has 1 amide bonds. The number of nitrogens with one attached hydrogen (secondary N) is 2. The Morgan fingerprint density at radius 3 is 2.36 bits per heavy atom. The van der Waals surface area contributed by atoms with Gasteiger partial charge in [-0.3, -0.25) is 4.79 Å². The quantitative estimate of drug-likeness (QED) is 0.191. The Morgan fingerprint density at radius 1 is 0.974 bits per heavy atom. The van der Waals surface area contributed by atoms with Crippen LogP contribution in [0.3, 0.4) is 0 Å². The number of fused-ring (bicyclic) bond motifs is 2. The number of aromatic amines is 1. The maximum atomic E-state index is 14.1. The monoisotopic (exact) mass is 542 g/mol. The molecule has 1 aliphatic rings. The molecule has 2 N–H and O–H groups in total. The lowest BCUT2D eigenvalue weighted by Crippen LogP contribution is -2.45. The van der Waals surface area contributed by atoms with Gasteiger partial charge in [-0.1, -0.05) is 64.2 Å². The maximum absolute atomic E-state index is 14.1. The fraction of sp³-hybridized carbons (Fsp3) is 0.586. The summed E-state index contributed by atoms with van der Waals surface area (Å²) in [6, 6.07) is 2.28. The minimum absolute atomic E-state index is 0.0574. The van der Waals surface area contributed by atoms with Crippen LogP contribution in [0.1, 0.15) is 90.4 Å². The number of aromatic nitrogens is 4. The lowest BCUT2D eigenvalue weighted by molar-refractivity contribution is -0.119. The molecule has 212 valence electrons. The van der Waals surface area contributed by atoms with Crippen LogP contribution in [-0.2, 0) is 4.79 Å². The molecule has 0 spiro atoms. The number of anilines is 2. The molecule has 39 heavy (non-hydrogen) atoms. The van der Waals surface area contributed by atoms with E-state index in [4.69, 9.17) is 4.74 Å². The van der Waals surface area contributed by atoms with E-state index in [-0.39, 0.29) is 24.3 Å². The summed E-state index contributed by atoms with van der Waals surface area (Å²) < 4.78 is 33.0. The standard InChI is InChI=1S/C29H40F2N6O2/c1-21-18-39-27-23(16-15-22(30)25(27)31)37(21)24(38)14-12-10-8-6-4-2-3-5-7-9-11-13-17-32-28-26-29(34-19-33-26)36-20-35-28/h15-16,19-21H,2-14,17-18H2,1H3,(H2,32,33,34,35,36). The number of carbonyl (C=O) groups is 1. The van der Waals surface area contributed by atoms with Gasteiger partial charge in [0, 0.05) is 13.0 Å². The fourth-order valence-electron chi connectivity index (χ4n) is 5.14. The van der Waals surface area contributed by atoms with E-state index in [1.165, 1.54) is 63.8 Å². The Balaban J connectivity index is 0.973. The SMILES string of the molecule is CC1COc2c(ccc(F)c2F)N1C(=O)CCCCCCCCCCCCCCNc1ncnc2nc[nH]c12. The number of ether oxygens (including phenoxy) is 1. The molecular weight excluding hydrogens is 502 g/mol. The van der Waals surface area contributed by atoms with Crippen molar-refractivity contribution in [2.45, 2.75) is 96.4 Å². The van der Waals surface area contributed by atoms with Crippen LogP contribution in [0.15, 0.2) is 24.8 Å². The van der Waals surface area contributed by atoms with Crippen LogP contribution in [0.5, 0.6) is 5.75 Å². The first-order chi connectivity index (χ1) is 19.1.